The van der Waals surface area contributed by atoms with Crippen molar-refractivity contribution in [3.05, 3.63) is 20.8 Å². The van der Waals surface area contributed by atoms with Crippen molar-refractivity contribution in [2.24, 2.45) is 10.7 Å². The number of sulfone groups is 1. The lowest BCUT2D eigenvalue weighted by Crippen LogP contribution is -2.54. The molecule has 0 saturated carbocycles. The summed E-state index contributed by atoms with van der Waals surface area (Å²) in [7, 11) is -2.26. The molecule has 9 heteroatoms. The fourth-order valence-electron chi connectivity index (χ4n) is 2.20. The molecule has 1 aliphatic heterocycles. The van der Waals surface area contributed by atoms with Crippen LogP contribution in [0.5, 0.6) is 0 Å². The standard InChI is InChI=1S/C13H17ClN2O4S2/c1-12(2)11(15)16-13(3,6-22(12,18)19)9-7(14)5-8(21-9)10(17)20-4/h5H,6H2,1-4H3,(H2,15,16). The summed E-state index contributed by atoms with van der Waals surface area (Å²) >= 11 is 7.25. The number of nitrogens with two attached hydrogens (primary N) is 1. The van der Waals surface area contributed by atoms with Crippen molar-refractivity contribution in [3.63, 3.8) is 0 Å². The van der Waals surface area contributed by atoms with E-state index in [0.717, 1.165) is 11.3 Å². The Bertz CT molecular complexity index is 767. The predicted octanol–water partition coefficient (Wildman–Crippen LogP) is 1.97. The van der Waals surface area contributed by atoms with Gasteiger partial charge in [0.2, 0.25) is 0 Å². The van der Waals surface area contributed by atoms with E-state index < -0.39 is 26.1 Å². The molecule has 1 aliphatic rings. The van der Waals surface area contributed by atoms with Crippen molar-refractivity contribution >= 4 is 44.6 Å². The number of nitrogens with zero attached hydrogens (tertiary/aromatic N) is 1. The molecule has 22 heavy (non-hydrogen) atoms. The summed E-state index contributed by atoms with van der Waals surface area (Å²) in [6, 6.07) is 1.46. The fraction of sp³-hybridized carbons (Fsp3) is 0.538. The van der Waals surface area contributed by atoms with Crippen LogP contribution in [-0.2, 0) is 20.1 Å². The number of thiophene rings is 1. The van der Waals surface area contributed by atoms with E-state index >= 15 is 0 Å². The molecular weight excluding hydrogens is 348 g/mol. The summed E-state index contributed by atoms with van der Waals surface area (Å²) in [4.78, 5) is 16.8. The first-order valence-electron chi connectivity index (χ1n) is 6.41. The van der Waals surface area contributed by atoms with Crippen molar-refractivity contribution in [1.82, 2.24) is 0 Å². The van der Waals surface area contributed by atoms with Crippen LogP contribution < -0.4 is 5.73 Å². The molecule has 0 amide bonds. The van der Waals surface area contributed by atoms with E-state index in [4.69, 9.17) is 17.3 Å². The van der Waals surface area contributed by atoms with Gasteiger partial charge in [0.25, 0.3) is 0 Å². The summed E-state index contributed by atoms with van der Waals surface area (Å²) < 4.78 is 28.5. The first-order valence-corrected chi connectivity index (χ1v) is 9.25. The Balaban J connectivity index is 2.60. The molecule has 2 N–H and O–H groups in total. The first-order chi connectivity index (χ1) is 9.94. The number of hydrogen-bond donors (Lipinski definition) is 1. The van der Waals surface area contributed by atoms with Gasteiger partial charge < -0.3 is 10.5 Å². The Morgan fingerprint density at radius 3 is 2.55 bits per heavy atom. The average Bonchev–Trinajstić information content (AvgIpc) is 2.78. The molecule has 1 unspecified atom stereocenters. The topological polar surface area (TPSA) is 98.8 Å². The van der Waals surface area contributed by atoms with Crippen molar-refractivity contribution in [3.8, 4) is 0 Å². The molecule has 1 atom stereocenters. The maximum absolute atomic E-state index is 12.5. The van der Waals surface area contributed by atoms with Crippen LogP contribution in [0.3, 0.4) is 0 Å². The fourth-order valence-corrected chi connectivity index (χ4v) is 5.51. The quantitative estimate of drug-likeness (QED) is 0.809. The summed E-state index contributed by atoms with van der Waals surface area (Å²) in [5.41, 5.74) is 4.77. The second-order valence-corrected chi connectivity index (χ2v) is 9.82. The maximum atomic E-state index is 12.5. The number of amidine groups is 1. The van der Waals surface area contributed by atoms with Crippen LogP contribution in [0.1, 0.15) is 35.3 Å². The van der Waals surface area contributed by atoms with E-state index in [0.29, 0.717) is 9.75 Å². The molecule has 0 fully saturated rings. The highest BCUT2D eigenvalue weighted by Gasteiger charge is 2.50. The van der Waals surface area contributed by atoms with E-state index in [9.17, 15) is 13.2 Å². The van der Waals surface area contributed by atoms with Gasteiger partial charge in [-0.3, -0.25) is 4.99 Å². The van der Waals surface area contributed by atoms with Crippen LogP contribution in [0.25, 0.3) is 0 Å². The first kappa shape index (κ1) is 17.2. The number of aliphatic imine (C=N–C) groups is 1. The van der Waals surface area contributed by atoms with Gasteiger partial charge >= 0.3 is 5.97 Å². The molecule has 6 nitrogen and oxygen atoms in total. The number of rotatable bonds is 2. The van der Waals surface area contributed by atoms with Gasteiger partial charge in [0, 0.05) is 0 Å². The van der Waals surface area contributed by atoms with Crippen LogP contribution in [-0.4, -0.2) is 37.8 Å². The van der Waals surface area contributed by atoms with Crippen LogP contribution in [0.4, 0.5) is 0 Å². The number of carbonyl (C=O) groups is 1. The predicted molar refractivity (Wildman–Crippen MR) is 87.5 cm³/mol. The lowest BCUT2D eigenvalue weighted by atomic mass is 10.0. The molecule has 1 aromatic rings. The maximum Gasteiger partial charge on any atom is 0.348 e. The van der Waals surface area contributed by atoms with Crippen molar-refractivity contribution < 1.29 is 17.9 Å². The minimum atomic E-state index is -3.52. The average molecular weight is 365 g/mol. The van der Waals surface area contributed by atoms with Crippen LogP contribution in [0, 0.1) is 0 Å². The third kappa shape index (κ3) is 2.53. The smallest absolute Gasteiger partial charge is 0.348 e. The number of methoxy groups -OCH3 is 1. The Hall–Kier alpha value is -1.12. The normalized spacial score (nSPS) is 26.3. The van der Waals surface area contributed by atoms with Crippen molar-refractivity contribution in [1.29, 1.82) is 0 Å². The molecule has 2 heterocycles. The van der Waals surface area contributed by atoms with Gasteiger partial charge in [0.1, 0.15) is 21.0 Å². The molecule has 122 valence electrons. The van der Waals surface area contributed by atoms with E-state index in [-0.39, 0.29) is 16.6 Å². The van der Waals surface area contributed by atoms with Crippen molar-refractivity contribution in [2.75, 3.05) is 12.9 Å². The summed E-state index contributed by atoms with van der Waals surface area (Å²) in [6.45, 7) is 4.69. The Morgan fingerprint density at radius 2 is 2.05 bits per heavy atom. The molecule has 1 aromatic heterocycles. The summed E-state index contributed by atoms with van der Waals surface area (Å²) in [5.74, 6) is -0.725. The molecular formula is C13H17ClN2O4S2. The van der Waals surface area contributed by atoms with Crippen LogP contribution in [0.15, 0.2) is 11.1 Å². The van der Waals surface area contributed by atoms with E-state index in [2.05, 4.69) is 9.73 Å². The molecule has 0 bridgehead atoms. The second-order valence-electron chi connectivity index (χ2n) is 5.82. The zero-order valence-electron chi connectivity index (χ0n) is 12.6. The zero-order chi connectivity index (χ0) is 16.9. The summed E-state index contributed by atoms with van der Waals surface area (Å²) in [5, 5.41) is 0.277. The molecule has 0 saturated heterocycles. The highest BCUT2D eigenvalue weighted by molar-refractivity contribution is 7.93. The number of hydrogen-bond acceptors (Lipinski definition) is 7. The molecule has 2 rings (SSSR count). The number of ether oxygens (including phenoxy) is 1. The van der Waals surface area contributed by atoms with E-state index in [1.54, 1.807) is 6.92 Å². The lowest BCUT2D eigenvalue weighted by Gasteiger charge is -2.37. The largest absolute Gasteiger partial charge is 0.465 e. The van der Waals surface area contributed by atoms with Gasteiger partial charge in [0.05, 0.1) is 22.8 Å². The SMILES string of the molecule is COC(=O)c1cc(Cl)c(C2(C)CS(=O)(=O)C(C)(C)C(N)=N2)s1. The van der Waals surface area contributed by atoms with Crippen LogP contribution in [0.2, 0.25) is 5.02 Å². The highest BCUT2D eigenvalue weighted by atomic mass is 35.5. The van der Waals surface area contributed by atoms with Gasteiger partial charge in [-0.15, -0.1) is 11.3 Å². The molecule has 0 aliphatic carbocycles. The Morgan fingerprint density at radius 1 is 1.45 bits per heavy atom. The summed E-state index contributed by atoms with van der Waals surface area (Å²) in [6.07, 6.45) is 0. The monoisotopic (exact) mass is 364 g/mol. The third-order valence-corrected chi connectivity index (χ3v) is 8.28. The van der Waals surface area contributed by atoms with Gasteiger partial charge in [-0.1, -0.05) is 11.6 Å². The molecule has 0 aromatic carbocycles. The minimum Gasteiger partial charge on any atom is -0.465 e. The van der Waals surface area contributed by atoms with E-state index in [1.165, 1.54) is 27.0 Å². The number of esters is 1. The van der Waals surface area contributed by atoms with Crippen molar-refractivity contribution in [2.45, 2.75) is 31.1 Å². The molecule has 0 radical (unpaired) electrons. The third-order valence-electron chi connectivity index (χ3n) is 3.80. The Kier molecular flexibility index (Phi) is 4.08. The van der Waals surface area contributed by atoms with Gasteiger partial charge in [-0.05, 0) is 26.8 Å². The lowest BCUT2D eigenvalue weighted by molar-refractivity contribution is 0.0606. The number of carbonyl (C=O) groups excluding carboxylic acids is 1. The second kappa shape index (κ2) is 5.21. The number of halogens is 1. The van der Waals surface area contributed by atoms with E-state index in [1.807, 2.05) is 0 Å². The molecule has 0 spiro atoms. The minimum absolute atomic E-state index is 0.0327. The highest BCUT2D eigenvalue weighted by Crippen LogP contribution is 2.43. The van der Waals surface area contributed by atoms with Gasteiger partial charge in [0.15, 0.2) is 9.84 Å². The van der Waals surface area contributed by atoms with Crippen LogP contribution >= 0.6 is 22.9 Å². The van der Waals surface area contributed by atoms with Gasteiger partial charge in [-0.25, -0.2) is 13.2 Å². The Labute approximate surface area is 138 Å². The zero-order valence-corrected chi connectivity index (χ0v) is 15.0. The van der Waals surface area contributed by atoms with Gasteiger partial charge in [-0.2, -0.15) is 0 Å².